The van der Waals surface area contributed by atoms with E-state index in [1.165, 1.54) is 10.6 Å². The zero-order chi connectivity index (χ0) is 21.7. The number of fused-ring (bicyclic) bond motifs is 3. The smallest absolute Gasteiger partial charge is 0.312 e. The van der Waals surface area contributed by atoms with Crippen molar-refractivity contribution in [3.05, 3.63) is 86.8 Å². The molecular weight excluding hydrogens is 397 g/mol. The summed E-state index contributed by atoms with van der Waals surface area (Å²) in [6.07, 6.45) is 0. The Balaban J connectivity index is 1.74. The summed E-state index contributed by atoms with van der Waals surface area (Å²) in [7, 11) is 1.59. The van der Waals surface area contributed by atoms with Gasteiger partial charge in [-0.05, 0) is 24.1 Å². The largest absolute Gasteiger partial charge is 0.332 e. The van der Waals surface area contributed by atoms with Crippen molar-refractivity contribution >= 4 is 22.8 Å². The summed E-state index contributed by atoms with van der Waals surface area (Å²) in [5, 5.41) is 0. The predicted octanol–water partition coefficient (Wildman–Crippen LogP) is 2.87. The van der Waals surface area contributed by atoms with Gasteiger partial charge in [0.2, 0.25) is 5.95 Å². The van der Waals surface area contributed by atoms with Crippen LogP contribution in [-0.4, -0.2) is 25.2 Å². The van der Waals surface area contributed by atoms with Crippen LogP contribution in [0.15, 0.2) is 64.2 Å². The lowest BCUT2D eigenvalue weighted by atomic mass is 10.1. The molecule has 0 bridgehead atoms. The lowest BCUT2D eigenvalue weighted by Gasteiger charge is -2.32. The molecule has 1 atom stereocenters. The second kappa shape index (κ2) is 7.23. The Morgan fingerprint density at radius 1 is 1.03 bits per heavy atom. The van der Waals surface area contributed by atoms with Crippen molar-refractivity contribution in [2.75, 3.05) is 11.4 Å². The number of hydrogen-bond donors (Lipinski definition) is 0. The van der Waals surface area contributed by atoms with E-state index in [0.29, 0.717) is 29.2 Å². The van der Waals surface area contributed by atoms with E-state index in [-0.39, 0.29) is 12.5 Å². The predicted molar refractivity (Wildman–Crippen MR) is 117 cm³/mol. The summed E-state index contributed by atoms with van der Waals surface area (Å²) in [6, 6.07) is 16.0. The van der Waals surface area contributed by atoms with Crippen molar-refractivity contribution in [1.29, 1.82) is 0 Å². The third-order valence-corrected chi connectivity index (χ3v) is 5.80. The number of rotatable bonds is 3. The van der Waals surface area contributed by atoms with Crippen molar-refractivity contribution in [2.45, 2.75) is 20.0 Å². The molecule has 1 aliphatic heterocycles. The maximum Gasteiger partial charge on any atom is 0.332 e. The lowest BCUT2D eigenvalue weighted by molar-refractivity contribution is 0.458. The summed E-state index contributed by atoms with van der Waals surface area (Å²) in [5.74, 6) is 0.451. The van der Waals surface area contributed by atoms with Crippen LogP contribution in [0.25, 0.3) is 11.2 Å². The molecule has 5 rings (SSSR count). The molecule has 1 unspecified atom stereocenters. The number of benzene rings is 2. The zero-order valence-corrected chi connectivity index (χ0v) is 17.3. The lowest BCUT2D eigenvalue weighted by Crippen LogP contribution is -2.40. The van der Waals surface area contributed by atoms with Gasteiger partial charge < -0.3 is 9.47 Å². The number of aromatic nitrogens is 4. The summed E-state index contributed by atoms with van der Waals surface area (Å²) >= 11 is 0. The molecule has 31 heavy (non-hydrogen) atoms. The highest BCUT2D eigenvalue weighted by atomic mass is 19.1. The van der Waals surface area contributed by atoms with Gasteiger partial charge in [0.25, 0.3) is 5.56 Å². The third-order valence-electron chi connectivity index (χ3n) is 5.80. The summed E-state index contributed by atoms with van der Waals surface area (Å²) in [4.78, 5) is 33.2. The van der Waals surface area contributed by atoms with E-state index in [1.54, 1.807) is 25.2 Å². The fourth-order valence-electron chi connectivity index (χ4n) is 4.27. The SMILES string of the molecule is CC1CN(c2ccccc2)c2nc3c(c(=O)n(Cc4ccccc4F)c(=O)n3C)n2C1. The van der Waals surface area contributed by atoms with Crippen LogP contribution in [0.5, 0.6) is 0 Å². The third kappa shape index (κ3) is 3.06. The van der Waals surface area contributed by atoms with Crippen LogP contribution >= 0.6 is 0 Å². The van der Waals surface area contributed by atoms with Crippen LogP contribution in [0, 0.1) is 11.7 Å². The Labute approximate surface area is 177 Å². The van der Waals surface area contributed by atoms with Crippen molar-refractivity contribution in [1.82, 2.24) is 18.7 Å². The second-order valence-electron chi connectivity index (χ2n) is 8.07. The van der Waals surface area contributed by atoms with Gasteiger partial charge in [-0.3, -0.25) is 13.9 Å². The molecule has 4 aromatic rings. The molecule has 7 nitrogen and oxygen atoms in total. The van der Waals surface area contributed by atoms with Crippen LogP contribution in [0.3, 0.4) is 0 Å². The molecule has 0 amide bonds. The number of hydrogen-bond acceptors (Lipinski definition) is 4. The van der Waals surface area contributed by atoms with Crippen LogP contribution < -0.4 is 16.1 Å². The topological polar surface area (TPSA) is 65.1 Å². The highest BCUT2D eigenvalue weighted by Crippen LogP contribution is 2.32. The van der Waals surface area contributed by atoms with Gasteiger partial charge >= 0.3 is 5.69 Å². The fraction of sp³-hybridized carbons (Fsp3) is 0.261. The molecule has 2 aromatic heterocycles. The summed E-state index contributed by atoms with van der Waals surface area (Å²) in [6.45, 7) is 3.35. The fourth-order valence-corrected chi connectivity index (χ4v) is 4.27. The van der Waals surface area contributed by atoms with Gasteiger partial charge in [0.15, 0.2) is 11.2 Å². The molecule has 0 fully saturated rings. The maximum atomic E-state index is 14.2. The molecule has 3 heterocycles. The van der Waals surface area contributed by atoms with Crippen LogP contribution in [0.1, 0.15) is 12.5 Å². The summed E-state index contributed by atoms with van der Waals surface area (Å²) in [5.41, 5.74) is 0.990. The van der Waals surface area contributed by atoms with E-state index in [9.17, 15) is 14.0 Å². The Kier molecular flexibility index (Phi) is 4.50. The Morgan fingerprint density at radius 3 is 2.48 bits per heavy atom. The Bertz CT molecular complexity index is 1400. The zero-order valence-electron chi connectivity index (χ0n) is 17.3. The van der Waals surface area contributed by atoms with Gasteiger partial charge in [0.1, 0.15) is 5.82 Å². The molecule has 0 aliphatic carbocycles. The van der Waals surface area contributed by atoms with Gasteiger partial charge in [-0.15, -0.1) is 0 Å². The van der Waals surface area contributed by atoms with Gasteiger partial charge in [-0.25, -0.2) is 9.18 Å². The molecule has 2 aromatic carbocycles. The van der Waals surface area contributed by atoms with Gasteiger partial charge in [0.05, 0.1) is 6.54 Å². The molecule has 0 saturated carbocycles. The first-order chi connectivity index (χ1) is 15.0. The second-order valence-corrected chi connectivity index (χ2v) is 8.07. The number of aryl methyl sites for hydroxylation is 1. The van der Waals surface area contributed by atoms with Crippen LogP contribution in [0.2, 0.25) is 0 Å². The molecule has 0 radical (unpaired) electrons. The minimum Gasteiger partial charge on any atom is -0.312 e. The van der Waals surface area contributed by atoms with Gasteiger partial charge in [-0.1, -0.05) is 43.3 Å². The van der Waals surface area contributed by atoms with Gasteiger partial charge in [-0.2, -0.15) is 4.98 Å². The maximum absolute atomic E-state index is 14.2. The van der Waals surface area contributed by atoms with Crippen molar-refractivity contribution in [3.63, 3.8) is 0 Å². The number of para-hydroxylation sites is 1. The van der Waals surface area contributed by atoms with Crippen molar-refractivity contribution in [2.24, 2.45) is 13.0 Å². The number of anilines is 2. The molecule has 0 saturated heterocycles. The normalized spacial score (nSPS) is 16.0. The monoisotopic (exact) mass is 419 g/mol. The first-order valence-corrected chi connectivity index (χ1v) is 10.2. The average molecular weight is 419 g/mol. The standard InChI is InChI=1S/C23H22FN5O2/c1-15-12-27(17-9-4-3-5-10-17)22-25-20-19(28(22)13-15)21(30)29(23(31)26(20)2)14-16-8-6-7-11-18(16)24/h3-11,15H,12-14H2,1-2H3. The Morgan fingerprint density at radius 2 is 1.74 bits per heavy atom. The molecule has 1 aliphatic rings. The number of nitrogens with zero attached hydrogens (tertiary/aromatic N) is 5. The highest BCUT2D eigenvalue weighted by molar-refractivity contribution is 5.77. The Hall–Kier alpha value is -3.68. The van der Waals surface area contributed by atoms with E-state index in [2.05, 4.69) is 11.8 Å². The quantitative estimate of drug-likeness (QED) is 0.512. The van der Waals surface area contributed by atoms with E-state index in [0.717, 1.165) is 16.8 Å². The first kappa shape index (κ1) is 19.3. The minimum atomic E-state index is -0.518. The number of imidazole rings is 1. The van der Waals surface area contributed by atoms with E-state index in [4.69, 9.17) is 4.98 Å². The average Bonchev–Trinajstić information content (AvgIpc) is 3.16. The van der Waals surface area contributed by atoms with E-state index >= 15 is 0 Å². The van der Waals surface area contributed by atoms with Crippen LogP contribution in [0.4, 0.5) is 16.0 Å². The van der Waals surface area contributed by atoms with E-state index in [1.807, 2.05) is 34.9 Å². The summed E-state index contributed by atoms with van der Waals surface area (Å²) < 4.78 is 18.6. The first-order valence-electron chi connectivity index (χ1n) is 10.2. The number of halogens is 1. The molecular formula is C23H22FN5O2. The van der Waals surface area contributed by atoms with Crippen LogP contribution in [-0.2, 0) is 20.1 Å². The van der Waals surface area contributed by atoms with Crippen molar-refractivity contribution < 1.29 is 4.39 Å². The van der Waals surface area contributed by atoms with Crippen molar-refractivity contribution in [3.8, 4) is 0 Å². The highest BCUT2D eigenvalue weighted by Gasteiger charge is 2.29. The molecule has 158 valence electrons. The molecule has 8 heteroatoms. The molecule has 0 N–H and O–H groups in total. The van der Waals surface area contributed by atoms with Gasteiger partial charge in [0, 0.05) is 31.4 Å². The molecule has 0 spiro atoms. The van der Waals surface area contributed by atoms with E-state index < -0.39 is 17.1 Å². The minimum absolute atomic E-state index is 0.132.